The third-order valence-electron chi connectivity index (χ3n) is 2.72. The van der Waals surface area contributed by atoms with Gasteiger partial charge in [0.05, 0.1) is 11.4 Å². The van der Waals surface area contributed by atoms with Gasteiger partial charge in [0, 0.05) is 6.04 Å². The molecule has 0 aromatic heterocycles. The third-order valence-corrected chi connectivity index (χ3v) is 2.72. The maximum Gasteiger partial charge on any atom is 0.148 e. The van der Waals surface area contributed by atoms with Crippen LogP contribution < -0.4 is 11.1 Å². The molecule has 0 aliphatic rings. The van der Waals surface area contributed by atoms with Crippen molar-refractivity contribution in [1.29, 1.82) is 0 Å². The highest BCUT2D eigenvalue weighted by atomic mass is 19.1. The van der Waals surface area contributed by atoms with Gasteiger partial charge in [0.25, 0.3) is 0 Å². The maximum absolute atomic E-state index is 13.2. The molecule has 2 nitrogen and oxygen atoms in total. The minimum absolute atomic E-state index is 0.110. The molecule has 1 aromatic rings. The summed E-state index contributed by atoms with van der Waals surface area (Å²) in [6.45, 7) is 8.44. The quantitative estimate of drug-likeness (QED) is 0.735. The first-order chi connectivity index (χ1) is 6.82. The zero-order valence-electron chi connectivity index (χ0n) is 9.76. The van der Waals surface area contributed by atoms with Crippen LogP contribution in [0.5, 0.6) is 0 Å². The number of hydrogen-bond acceptors (Lipinski definition) is 2. The number of benzene rings is 1. The number of rotatable bonds is 2. The van der Waals surface area contributed by atoms with E-state index in [0.29, 0.717) is 5.69 Å². The van der Waals surface area contributed by atoms with E-state index in [9.17, 15) is 4.39 Å². The van der Waals surface area contributed by atoms with Crippen LogP contribution in [0, 0.1) is 11.2 Å². The van der Waals surface area contributed by atoms with Crippen LogP contribution in [-0.2, 0) is 0 Å². The molecule has 1 rings (SSSR count). The molecule has 0 heterocycles. The fourth-order valence-electron chi connectivity index (χ4n) is 1.11. The molecule has 0 amide bonds. The summed E-state index contributed by atoms with van der Waals surface area (Å²) >= 11 is 0. The van der Waals surface area contributed by atoms with E-state index in [4.69, 9.17) is 5.73 Å². The average molecular weight is 210 g/mol. The predicted molar refractivity (Wildman–Crippen MR) is 63.4 cm³/mol. The fourth-order valence-corrected chi connectivity index (χ4v) is 1.11. The summed E-state index contributed by atoms with van der Waals surface area (Å²) < 4.78 is 13.2. The Bertz CT molecular complexity index is 342. The number of nitrogen functional groups attached to an aromatic ring is 1. The van der Waals surface area contributed by atoms with Gasteiger partial charge >= 0.3 is 0 Å². The van der Waals surface area contributed by atoms with Crippen LogP contribution in [0.25, 0.3) is 0 Å². The van der Waals surface area contributed by atoms with E-state index in [1.165, 1.54) is 6.07 Å². The van der Waals surface area contributed by atoms with Crippen molar-refractivity contribution in [3.8, 4) is 0 Å². The topological polar surface area (TPSA) is 38.0 Å². The summed E-state index contributed by atoms with van der Waals surface area (Å²) in [6.07, 6.45) is 0. The van der Waals surface area contributed by atoms with Gasteiger partial charge in [-0.05, 0) is 24.5 Å². The highest BCUT2D eigenvalue weighted by Crippen LogP contribution is 2.27. The largest absolute Gasteiger partial charge is 0.395 e. The van der Waals surface area contributed by atoms with Gasteiger partial charge in [-0.1, -0.05) is 26.8 Å². The molecule has 1 unspecified atom stereocenters. The van der Waals surface area contributed by atoms with Crippen molar-refractivity contribution in [2.45, 2.75) is 33.7 Å². The summed E-state index contributed by atoms with van der Waals surface area (Å²) in [4.78, 5) is 0. The van der Waals surface area contributed by atoms with Gasteiger partial charge in [-0.3, -0.25) is 0 Å². The van der Waals surface area contributed by atoms with Gasteiger partial charge < -0.3 is 11.1 Å². The molecule has 1 aromatic carbocycles. The standard InChI is InChI=1S/C12H19FN2/c1-8(12(2,3)4)15-10-7-5-6-9(13)11(10)14/h5-8,15H,14H2,1-4H3. The molecule has 15 heavy (non-hydrogen) atoms. The van der Waals surface area contributed by atoms with Gasteiger partial charge in [0.15, 0.2) is 0 Å². The van der Waals surface area contributed by atoms with Crippen molar-refractivity contribution in [2.24, 2.45) is 5.41 Å². The SMILES string of the molecule is CC(Nc1cccc(F)c1N)C(C)(C)C. The van der Waals surface area contributed by atoms with Crippen LogP contribution >= 0.6 is 0 Å². The van der Waals surface area contributed by atoms with Gasteiger partial charge in [0.1, 0.15) is 5.82 Å². The normalized spacial score (nSPS) is 13.7. The van der Waals surface area contributed by atoms with Crippen molar-refractivity contribution >= 4 is 11.4 Å². The molecule has 0 aliphatic carbocycles. The molecular weight excluding hydrogens is 191 g/mol. The molecule has 0 bridgehead atoms. The van der Waals surface area contributed by atoms with Crippen molar-refractivity contribution < 1.29 is 4.39 Å². The smallest absolute Gasteiger partial charge is 0.148 e. The summed E-state index contributed by atoms with van der Waals surface area (Å²) in [5.74, 6) is -0.374. The molecule has 0 saturated carbocycles. The second-order valence-corrected chi connectivity index (χ2v) is 4.93. The molecule has 0 fully saturated rings. The van der Waals surface area contributed by atoms with Crippen LogP contribution in [0.4, 0.5) is 15.8 Å². The Kier molecular flexibility index (Phi) is 3.22. The second kappa shape index (κ2) is 4.09. The molecule has 84 valence electrons. The Labute approximate surface area is 90.7 Å². The molecule has 0 spiro atoms. The molecule has 0 aliphatic heterocycles. The van der Waals surface area contributed by atoms with E-state index >= 15 is 0 Å². The first kappa shape index (κ1) is 11.8. The Balaban J connectivity index is 2.86. The lowest BCUT2D eigenvalue weighted by molar-refractivity contribution is 0.359. The van der Waals surface area contributed by atoms with Crippen LogP contribution in [-0.4, -0.2) is 6.04 Å². The lowest BCUT2D eigenvalue weighted by atomic mass is 9.88. The fraction of sp³-hybridized carbons (Fsp3) is 0.500. The Morgan fingerprint density at radius 1 is 1.33 bits per heavy atom. The zero-order valence-corrected chi connectivity index (χ0v) is 9.76. The number of nitrogens with one attached hydrogen (secondary N) is 1. The summed E-state index contributed by atoms with van der Waals surface area (Å²) in [6, 6.07) is 5.04. The molecule has 3 heteroatoms. The summed E-state index contributed by atoms with van der Waals surface area (Å²) in [5, 5.41) is 3.23. The van der Waals surface area contributed by atoms with Gasteiger partial charge in [-0.25, -0.2) is 4.39 Å². The van der Waals surface area contributed by atoms with Crippen molar-refractivity contribution in [3.05, 3.63) is 24.0 Å². The first-order valence-corrected chi connectivity index (χ1v) is 5.13. The zero-order chi connectivity index (χ0) is 11.6. The first-order valence-electron chi connectivity index (χ1n) is 5.13. The molecule has 3 N–H and O–H groups in total. The highest BCUT2D eigenvalue weighted by molar-refractivity contribution is 5.66. The van der Waals surface area contributed by atoms with E-state index in [1.54, 1.807) is 12.1 Å². The van der Waals surface area contributed by atoms with Crippen LogP contribution in [0.3, 0.4) is 0 Å². The van der Waals surface area contributed by atoms with Crippen molar-refractivity contribution in [1.82, 2.24) is 0 Å². The maximum atomic E-state index is 13.2. The molecular formula is C12H19FN2. The third kappa shape index (κ3) is 2.85. The number of nitrogens with two attached hydrogens (primary N) is 1. The van der Waals surface area contributed by atoms with E-state index in [2.05, 4.69) is 33.0 Å². The Morgan fingerprint density at radius 2 is 1.93 bits per heavy atom. The van der Waals surface area contributed by atoms with E-state index in [0.717, 1.165) is 0 Å². The molecule has 1 atom stereocenters. The van der Waals surface area contributed by atoms with Crippen molar-refractivity contribution in [2.75, 3.05) is 11.1 Å². The number of anilines is 2. The highest BCUT2D eigenvalue weighted by Gasteiger charge is 2.20. The van der Waals surface area contributed by atoms with Gasteiger partial charge in [-0.2, -0.15) is 0 Å². The predicted octanol–water partition coefficient (Wildman–Crippen LogP) is 3.25. The van der Waals surface area contributed by atoms with Gasteiger partial charge in [0.2, 0.25) is 0 Å². The number of hydrogen-bond donors (Lipinski definition) is 2. The monoisotopic (exact) mass is 210 g/mol. The molecule has 0 saturated heterocycles. The summed E-state index contributed by atoms with van der Waals surface area (Å²) in [7, 11) is 0. The molecule has 0 radical (unpaired) electrons. The average Bonchev–Trinajstić information content (AvgIpc) is 2.11. The van der Waals surface area contributed by atoms with Crippen LogP contribution in [0.2, 0.25) is 0 Å². The summed E-state index contributed by atoms with van der Waals surface area (Å²) in [5.41, 5.74) is 6.60. The van der Waals surface area contributed by atoms with E-state index < -0.39 is 0 Å². The lowest BCUT2D eigenvalue weighted by Crippen LogP contribution is -2.31. The lowest BCUT2D eigenvalue weighted by Gasteiger charge is -2.29. The van der Waals surface area contributed by atoms with E-state index in [1.807, 2.05) is 0 Å². The minimum Gasteiger partial charge on any atom is -0.395 e. The van der Waals surface area contributed by atoms with Crippen molar-refractivity contribution in [3.63, 3.8) is 0 Å². The minimum atomic E-state index is -0.374. The van der Waals surface area contributed by atoms with Gasteiger partial charge in [-0.15, -0.1) is 0 Å². The van der Waals surface area contributed by atoms with E-state index in [-0.39, 0.29) is 23.0 Å². The Morgan fingerprint density at radius 3 is 2.47 bits per heavy atom. The number of halogens is 1. The van der Waals surface area contributed by atoms with Crippen LogP contribution in [0.1, 0.15) is 27.7 Å². The van der Waals surface area contributed by atoms with Crippen LogP contribution in [0.15, 0.2) is 18.2 Å². The Hall–Kier alpha value is -1.25. The number of para-hydroxylation sites is 1. The second-order valence-electron chi connectivity index (χ2n) is 4.93.